The van der Waals surface area contributed by atoms with Crippen LogP contribution in [0.2, 0.25) is 0 Å². The number of oxazole rings is 1. The van der Waals surface area contributed by atoms with Crippen LogP contribution in [-0.2, 0) is 0 Å². The lowest BCUT2D eigenvalue weighted by molar-refractivity contribution is 0.102. The third-order valence-electron chi connectivity index (χ3n) is 3.64. The highest BCUT2D eigenvalue weighted by Gasteiger charge is 2.14. The van der Waals surface area contributed by atoms with Crippen LogP contribution in [0.15, 0.2) is 64.0 Å². The Bertz CT molecular complexity index is 1090. The van der Waals surface area contributed by atoms with E-state index in [2.05, 4.69) is 36.2 Å². The zero-order valence-electron chi connectivity index (χ0n) is 13.2. The fourth-order valence-electron chi connectivity index (χ4n) is 2.42. The third kappa shape index (κ3) is 3.14. The number of pyridine rings is 2. The predicted octanol–water partition coefficient (Wildman–Crippen LogP) is 4.01. The number of aromatic nitrogens is 3. The van der Waals surface area contributed by atoms with Crippen molar-refractivity contribution in [2.24, 2.45) is 0 Å². The van der Waals surface area contributed by atoms with Crippen LogP contribution in [0.3, 0.4) is 0 Å². The number of aromatic hydroxyl groups is 1. The summed E-state index contributed by atoms with van der Waals surface area (Å²) in [5.74, 6) is -0.117. The molecular weight excluding hydrogens is 400 g/mol. The fraction of sp³-hybridized carbons (Fsp3) is 0. The SMILES string of the molecule is O=C(Nc1ccc(-c2nc3cnccc3o2)c(O)c1)c1cncc(Br)c1. The summed E-state index contributed by atoms with van der Waals surface area (Å²) in [6, 6.07) is 8.08. The summed E-state index contributed by atoms with van der Waals surface area (Å²) >= 11 is 3.27. The molecule has 1 amide bonds. The molecule has 3 aromatic heterocycles. The van der Waals surface area contributed by atoms with Crippen molar-refractivity contribution in [2.45, 2.75) is 0 Å². The van der Waals surface area contributed by atoms with Gasteiger partial charge < -0.3 is 14.8 Å². The Morgan fingerprint density at radius 2 is 2.00 bits per heavy atom. The molecule has 0 saturated heterocycles. The molecule has 0 spiro atoms. The summed E-state index contributed by atoms with van der Waals surface area (Å²) in [7, 11) is 0. The van der Waals surface area contributed by atoms with E-state index in [1.807, 2.05) is 0 Å². The van der Waals surface area contributed by atoms with E-state index in [1.54, 1.807) is 42.9 Å². The van der Waals surface area contributed by atoms with E-state index < -0.39 is 0 Å². The lowest BCUT2D eigenvalue weighted by Crippen LogP contribution is -2.12. The zero-order valence-corrected chi connectivity index (χ0v) is 14.8. The summed E-state index contributed by atoms with van der Waals surface area (Å²) in [6.45, 7) is 0. The minimum atomic E-state index is -0.334. The summed E-state index contributed by atoms with van der Waals surface area (Å²) < 4.78 is 6.33. The number of amides is 1. The van der Waals surface area contributed by atoms with Gasteiger partial charge in [-0.25, -0.2) is 4.98 Å². The maximum atomic E-state index is 12.3. The first-order valence-electron chi connectivity index (χ1n) is 7.56. The van der Waals surface area contributed by atoms with Crippen LogP contribution in [0, 0.1) is 0 Å². The highest BCUT2D eigenvalue weighted by molar-refractivity contribution is 9.10. The minimum absolute atomic E-state index is 0.0605. The number of hydrogen-bond acceptors (Lipinski definition) is 6. The molecule has 26 heavy (non-hydrogen) atoms. The molecule has 3 heterocycles. The molecule has 1 aromatic carbocycles. The van der Waals surface area contributed by atoms with Gasteiger partial charge in [0.05, 0.1) is 17.3 Å². The summed E-state index contributed by atoms with van der Waals surface area (Å²) in [6.07, 6.45) is 6.24. The highest BCUT2D eigenvalue weighted by atomic mass is 79.9. The van der Waals surface area contributed by atoms with Crippen LogP contribution in [0.1, 0.15) is 10.4 Å². The Morgan fingerprint density at radius 3 is 2.77 bits per heavy atom. The van der Waals surface area contributed by atoms with Crippen LogP contribution in [-0.4, -0.2) is 26.0 Å². The van der Waals surface area contributed by atoms with E-state index in [4.69, 9.17) is 4.42 Å². The van der Waals surface area contributed by atoms with Gasteiger partial charge in [0.2, 0.25) is 5.89 Å². The van der Waals surface area contributed by atoms with E-state index >= 15 is 0 Å². The number of rotatable bonds is 3. The van der Waals surface area contributed by atoms with Gasteiger partial charge in [-0.2, -0.15) is 0 Å². The number of nitrogens with zero attached hydrogens (tertiary/aromatic N) is 3. The molecule has 0 aliphatic heterocycles. The molecule has 0 aliphatic rings. The van der Waals surface area contributed by atoms with Gasteiger partial charge in [-0.15, -0.1) is 0 Å². The van der Waals surface area contributed by atoms with E-state index in [1.165, 1.54) is 12.3 Å². The Hall–Kier alpha value is -3.26. The number of phenolic OH excluding ortho intramolecular Hbond substituents is 1. The van der Waals surface area contributed by atoms with Crippen LogP contribution >= 0.6 is 15.9 Å². The number of fused-ring (bicyclic) bond motifs is 1. The molecule has 128 valence electrons. The Morgan fingerprint density at radius 1 is 1.12 bits per heavy atom. The predicted molar refractivity (Wildman–Crippen MR) is 98.8 cm³/mol. The second-order valence-corrected chi connectivity index (χ2v) is 6.36. The van der Waals surface area contributed by atoms with Crippen molar-refractivity contribution in [3.05, 3.63) is 65.2 Å². The Labute approximate surface area is 155 Å². The molecule has 0 bridgehead atoms. The van der Waals surface area contributed by atoms with Gasteiger partial charge in [0.25, 0.3) is 5.91 Å². The monoisotopic (exact) mass is 410 g/mol. The number of nitrogens with one attached hydrogen (secondary N) is 1. The van der Waals surface area contributed by atoms with Crippen LogP contribution in [0.25, 0.3) is 22.6 Å². The lowest BCUT2D eigenvalue weighted by atomic mass is 10.1. The highest BCUT2D eigenvalue weighted by Crippen LogP contribution is 2.33. The summed E-state index contributed by atoms with van der Waals surface area (Å²) in [5, 5.41) is 13.0. The molecule has 7 nitrogen and oxygen atoms in total. The standard InChI is InChI=1S/C18H11BrN4O3/c19-11-5-10(7-21-8-11)17(25)22-12-1-2-13(15(24)6-12)18-23-14-9-20-4-3-16(14)26-18/h1-9,24H,(H,22,25). The second kappa shape index (κ2) is 6.57. The van der Waals surface area contributed by atoms with E-state index in [0.717, 1.165) is 0 Å². The van der Waals surface area contributed by atoms with Gasteiger partial charge >= 0.3 is 0 Å². The molecule has 0 fully saturated rings. The minimum Gasteiger partial charge on any atom is -0.507 e. The topological polar surface area (TPSA) is 101 Å². The summed E-state index contributed by atoms with van der Waals surface area (Å²) in [5.41, 5.74) is 2.43. The number of carbonyl (C=O) groups is 1. The Kier molecular flexibility index (Phi) is 4.10. The normalized spacial score (nSPS) is 10.8. The van der Waals surface area contributed by atoms with Crippen molar-refractivity contribution < 1.29 is 14.3 Å². The number of carbonyl (C=O) groups excluding carboxylic acids is 1. The molecule has 8 heteroatoms. The maximum Gasteiger partial charge on any atom is 0.257 e. The molecule has 2 N–H and O–H groups in total. The van der Waals surface area contributed by atoms with Gasteiger partial charge in [-0.05, 0) is 34.1 Å². The van der Waals surface area contributed by atoms with Gasteiger partial charge in [0.1, 0.15) is 11.3 Å². The molecule has 0 aliphatic carbocycles. The first-order valence-corrected chi connectivity index (χ1v) is 8.35. The molecule has 0 radical (unpaired) electrons. The van der Waals surface area contributed by atoms with Crippen molar-refractivity contribution in [3.63, 3.8) is 0 Å². The van der Waals surface area contributed by atoms with Crippen molar-refractivity contribution >= 4 is 38.6 Å². The van der Waals surface area contributed by atoms with Crippen molar-refractivity contribution in [1.82, 2.24) is 15.0 Å². The van der Waals surface area contributed by atoms with Gasteiger partial charge in [-0.1, -0.05) is 0 Å². The molecule has 0 saturated carbocycles. The average molecular weight is 411 g/mol. The van der Waals surface area contributed by atoms with E-state index in [9.17, 15) is 9.90 Å². The fourth-order valence-corrected chi connectivity index (χ4v) is 2.79. The number of halogens is 1. The molecular formula is C18H11BrN4O3. The molecule has 0 atom stereocenters. The van der Waals surface area contributed by atoms with Crippen LogP contribution in [0.4, 0.5) is 5.69 Å². The largest absolute Gasteiger partial charge is 0.507 e. The maximum absolute atomic E-state index is 12.3. The van der Waals surface area contributed by atoms with Gasteiger partial charge in [0.15, 0.2) is 5.58 Å². The number of phenols is 1. The third-order valence-corrected chi connectivity index (χ3v) is 4.08. The van der Waals surface area contributed by atoms with Crippen molar-refractivity contribution in [3.8, 4) is 17.2 Å². The van der Waals surface area contributed by atoms with Crippen LogP contribution in [0.5, 0.6) is 5.75 Å². The molecule has 4 aromatic rings. The quantitative estimate of drug-likeness (QED) is 0.529. The lowest BCUT2D eigenvalue weighted by Gasteiger charge is -2.07. The number of hydrogen-bond donors (Lipinski definition) is 2. The number of benzene rings is 1. The smallest absolute Gasteiger partial charge is 0.257 e. The van der Waals surface area contributed by atoms with Gasteiger partial charge in [0, 0.05) is 40.9 Å². The summed E-state index contributed by atoms with van der Waals surface area (Å²) in [4.78, 5) is 24.5. The first kappa shape index (κ1) is 16.2. The van der Waals surface area contributed by atoms with Crippen LogP contribution < -0.4 is 5.32 Å². The molecule has 0 unspecified atom stereocenters. The van der Waals surface area contributed by atoms with E-state index in [-0.39, 0.29) is 17.5 Å². The Balaban J connectivity index is 1.60. The molecule has 4 rings (SSSR count). The zero-order chi connectivity index (χ0) is 18.1. The van der Waals surface area contributed by atoms with Gasteiger partial charge in [-0.3, -0.25) is 14.8 Å². The van der Waals surface area contributed by atoms with Crippen molar-refractivity contribution in [2.75, 3.05) is 5.32 Å². The number of anilines is 1. The first-order chi connectivity index (χ1) is 12.6. The average Bonchev–Trinajstić information content (AvgIpc) is 3.05. The van der Waals surface area contributed by atoms with Crippen molar-refractivity contribution in [1.29, 1.82) is 0 Å². The second-order valence-electron chi connectivity index (χ2n) is 5.44. The van der Waals surface area contributed by atoms with E-state index in [0.29, 0.717) is 32.4 Å².